The van der Waals surface area contributed by atoms with Gasteiger partial charge in [0.15, 0.2) is 5.82 Å². The molecule has 0 spiro atoms. The molecule has 0 saturated carbocycles. The molecule has 0 aliphatic carbocycles. The van der Waals surface area contributed by atoms with Crippen LogP contribution in [-0.2, 0) is 10.0 Å². The number of hydrogen-bond donors (Lipinski definition) is 2. The molecule has 7 nitrogen and oxygen atoms in total. The molecule has 0 radical (unpaired) electrons. The van der Waals surface area contributed by atoms with E-state index >= 15 is 0 Å². The average Bonchev–Trinajstić information content (AvgIpc) is 3.20. The van der Waals surface area contributed by atoms with Gasteiger partial charge in [-0.15, -0.1) is 10.2 Å². The Morgan fingerprint density at radius 1 is 1.10 bits per heavy atom. The van der Waals surface area contributed by atoms with Gasteiger partial charge in [-0.3, -0.25) is 0 Å². The molecule has 2 aromatic carbocycles. The van der Waals surface area contributed by atoms with Crippen molar-refractivity contribution in [1.82, 2.24) is 25.3 Å². The lowest BCUT2D eigenvalue weighted by molar-refractivity contribution is 0.478. The first-order valence-corrected chi connectivity index (χ1v) is 11.2. The number of sulfonamides is 1. The maximum Gasteiger partial charge on any atom is 0.241 e. The fourth-order valence-corrected chi connectivity index (χ4v) is 5.29. The van der Waals surface area contributed by atoms with Crippen LogP contribution in [0.15, 0.2) is 29.2 Å². The van der Waals surface area contributed by atoms with Crippen LogP contribution in [0.2, 0.25) is 5.02 Å². The minimum absolute atomic E-state index is 0.0894. The van der Waals surface area contributed by atoms with Gasteiger partial charge in [0.05, 0.1) is 10.9 Å². The van der Waals surface area contributed by atoms with Gasteiger partial charge in [-0.1, -0.05) is 29.8 Å². The molecule has 0 saturated heterocycles. The summed E-state index contributed by atoms with van der Waals surface area (Å²) in [6.07, 6.45) is 0. The normalized spacial score (nSPS) is 14.0. The van der Waals surface area contributed by atoms with Gasteiger partial charge in [-0.05, 0) is 73.7 Å². The summed E-state index contributed by atoms with van der Waals surface area (Å²) >= 11 is 6.11. The first-order chi connectivity index (χ1) is 14.0. The van der Waals surface area contributed by atoms with Crippen molar-refractivity contribution in [2.24, 2.45) is 0 Å². The minimum atomic E-state index is -4.00. The van der Waals surface area contributed by atoms with Gasteiger partial charge < -0.3 is 0 Å². The number of benzene rings is 2. The first-order valence-electron chi connectivity index (χ1n) is 9.31. The van der Waals surface area contributed by atoms with Gasteiger partial charge in [0, 0.05) is 10.9 Å². The zero-order valence-electron chi connectivity index (χ0n) is 17.3. The molecule has 1 aromatic heterocycles. The predicted octanol–water partition coefficient (Wildman–Crippen LogP) is 4.05. The lowest BCUT2D eigenvalue weighted by Crippen LogP contribution is -2.33. The molecule has 0 bridgehead atoms. The lowest BCUT2D eigenvalue weighted by atomic mass is 9.88. The van der Waals surface area contributed by atoms with Crippen molar-refractivity contribution in [2.45, 2.75) is 51.5 Å². The highest BCUT2D eigenvalue weighted by Crippen LogP contribution is 2.35. The van der Waals surface area contributed by atoms with Crippen LogP contribution in [0, 0.1) is 33.5 Å². The molecule has 160 valence electrons. The van der Waals surface area contributed by atoms with Gasteiger partial charge >= 0.3 is 0 Å². The Hall–Kier alpha value is -2.36. The van der Waals surface area contributed by atoms with Crippen molar-refractivity contribution < 1.29 is 12.8 Å². The topological polar surface area (TPSA) is 101 Å². The van der Waals surface area contributed by atoms with Crippen LogP contribution in [-0.4, -0.2) is 29.0 Å². The maximum absolute atomic E-state index is 14.7. The Bertz CT molecular complexity index is 1180. The number of tetrazole rings is 1. The van der Waals surface area contributed by atoms with Crippen LogP contribution < -0.4 is 4.72 Å². The van der Waals surface area contributed by atoms with Crippen LogP contribution in [0.1, 0.15) is 52.5 Å². The molecule has 10 heteroatoms. The number of nitrogens with one attached hydrogen (secondary N) is 2. The van der Waals surface area contributed by atoms with Crippen LogP contribution in [0.3, 0.4) is 0 Å². The van der Waals surface area contributed by atoms with Crippen molar-refractivity contribution in [3.63, 3.8) is 0 Å². The van der Waals surface area contributed by atoms with Gasteiger partial charge in [0.25, 0.3) is 0 Å². The summed E-state index contributed by atoms with van der Waals surface area (Å²) in [5.74, 6) is -0.905. The maximum atomic E-state index is 14.7. The van der Waals surface area contributed by atoms with Gasteiger partial charge in [0.2, 0.25) is 10.0 Å². The second kappa shape index (κ2) is 8.41. The summed E-state index contributed by atoms with van der Waals surface area (Å²) in [6, 6.07) is 5.23. The molecule has 0 amide bonds. The highest BCUT2D eigenvalue weighted by atomic mass is 35.5. The fraction of sp³-hybridized carbons (Fsp3) is 0.350. The van der Waals surface area contributed by atoms with Gasteiger partial charge in [0.1, 0.15) is 5.82 Å². The smallest absolute Gasteiger partial charge is 0.207 e. The molecule has 0 aliphatic rings. The SMILES string of the molecule is Cc1cc(S(=O)(=O)N[C@H](c2nn[nH]n2)[C@H](C)c2c(F)ccc(C)c2C)c(C)cc1Cl. The van der Waals surface area contributed by atoms with E-state index in [1.807, 2.05) is 6.92 Å². The largest absolute Gasteiger partial charge is 0.241 e. The Labute approximate surface area is 180 Å². The third-order valence-electron chi connectivity index (χ3n) is 5.36. The van der Waals surface area contributed by atoms with E-state index in [0.717, 1.165) is 11.1 Å². The molecule has 2 N–H and O–H groups in total. The minimum Gasteiger partial charge on any atom is -0.207 e. The lowest BCUT2D eigenvalue weighted by Gasteiger charge is -2.25. The highest BCUT2D eigenvalue weighted by molar-refractivity contribution is 7.89. The highest BCUT2D eigenvalue weighted by Gasteiger charge is 2.33. The van der Waals surface area contributed by atoms with Crippen molar-refractivity contribution in [1.29, 1.82) is 0 Å². The number of nitrogens with zero attached hydrogens (tertiary/aromatic N) is 3. The summed E-state index contributed by atoms with van der Waals surface area (Å²) < 4.78 is 43.9. The molecular weight excluding hydrogens is 429 g/mol. The first kappa shape index (κ1) is 22.3. The van der Waals surface area contributed by atoms with E-state index in [9.17, 15) is 12.8 Å². The van der Waals surface area contributed by atoms with E-state index in [0.29, 0.717) is 21.7 Å². The average molecular weight is 452 g/mol. The second-order valence-corrected chi connectivity index (χ2v) is 9.52. The third kappa shape index (κ3) is 4.23. The monoisotopic (exact) mass is 451 g/mol. The van der Waals surface area contributed by atoms with Crippen molar-refractivity contribution in [3.05, 3.63) is 68.7 Å². The Balaban J connectivity index is 2.09. The summed E-state index contributed by atoms with van der Waals surface area (Å²) in [5, 5.41) is 14.3. The van der Waals surface area contributed by atoms with Gasteiger partial charge in [-0.25, -0.2) is 12.8 Å². The summed E-state index contributed by atoms with van der Waals surface area (Å²) in [4.78, 5) is 0.0894. The van der Waals surface area contributed by atoms with Crippen molar-refractivity contribution in [2.75, 3.05) is 0 Å². The van der Waals surface area contributed by atoms with Crippen molar-refractivity contribution in [3.8, 4) is 0 Å². The molecule has 0 fully saturated rings. The molecule has 30 heavy (non-hydrogen) atoms. The number of aromatic nitrogens is 4. The van der Waals surface area contributed by atoms with Crippen LogP contribution in [0.4, 0.5) is 4.39 Å². The van der Waals surface area contributed by atoms with Crippen molar-refractivity contribution >= 4 is 21.6 Å². The number of aromatic amines is 1. The molecule has 3 aromatic rings. The van der Waals surface area contributed by atoms with E-state index in [1.54, 1.807) is 39.8 Å². The molecule has 1 heterocycles. The Morgan fingerprint density at radius 3 is 2.43 bits per heavy atom. The van der Waals surface area contributed by atoms with Crippen LogP contribution >= 0.6 is 11.6 Å². The molecular formula is C20H23ClFN5O2S. The summed E-state index contributed by atoms with van der Waals surface area (Å²) in [7, 11) is -4.00. The molecule has 2 atom stereocenters. The Kier molecular flexibility index (Phi) is 6.26. The number of rotatable bonds is 6. The van der Waals surface area contributed by atoms with E-state index in [4.69, 9.17) is 11.6 Å². The van der Waals surface area contributed by atoms with E-state index in [1.165, 1.54) is 12.1 Å². The number of hydrogen-bond acceptors (Lipinski definition) is 5. The van der Waals surface area contributed by atoms with Crippen LogP contribution in [0.25, 0.3) is 0 Å². The predicted molar refractivity (Wildman–Crippen MR) is 112 cm³/mol. The standard InChI is InChI=1S/C20H23ClFN5O2S/c1-10-6-7-16(22)18(13(10)4)14(5)19(20-23-26-27-24-20)25-30(28,29)17-9-11(2)15(21)8-12(17)3/h6-9,14,19,25H,1-5H3,(H,23,24,26,27)/t14-,19+/m1/s1. The number of halogens is 2. The quantitative estimate of drug-likeness (QED) is 0.588. The number of H-pyrrole nitrogens is 1. The zero-order valence-corrected chi connectivity index (χ0v) is 18.9. The summed E-state index contributed by atoms with van der Waals surface area (Å²) in [6.45, 7) is 8.80. The molecule has 3 rings (SSSR count). The van der Waals surface area contributed by atoms with Gasteiger partial charge in [-0.2, -0.15) is 9.94 Å². The Morgan fingerprint density at radius 2 is 1.80 bits per heavy atom. The van der Waals surface area contributed by atoms with E-state index in [-0.39, 0.29) is 10.7 Å². The zero-order chi connectivity index (χ0) is 22.2. The third-order valence-corrected chi connectivity index (χ3v) is 7.35. The van der Waals surface area contributed by atoms with E-state index in [2.05, 4.69) is 25.3 Å². The van der Waals surface area contributed by atoms with E-state index < -0.39 is 27.8 Å². The summed E-state index contributed by atoms with van der Waals surface area (Å²) in [5.41, 5.74) is 3.17. The fourth-order valence-electron chi connectivity index (χ4n) is 3.48. The number of aryl methyl sites for hydroxylation is 3. The van der Waals surface area contributed by atoms with Crippen LogP contribution in [0.5, 0.6) is 0 Å². The molecule has 0 aliphatic heterocycles. The molecule has 0 unspecified atom stereocenters. The second-order valence-electron chi connectivity index (χ2n) is 7.43.